The molecule has 0 spiro atoms. The molecule has 0 aliphatic heterocycles. The highest BCUT2D eigenvalue weighted by Gasteiger charge is 2.12. The molecule has 4 heteroatoms. The van der Waals surface area contributed by atoms with E-state index >= 15 is 0 Å². The molecule has 0 aliphatic rings. The van der Waals surface area contributed by atoms with Crippen molar-refractivity contribution in [1.82, 2.24) is 9.55 Å². The van der Waals surface area contributed by atoms with Gasteiger partial charge in [0.1, 0.15) is 0 Å². The third kappa shape index (κ3) is 2.89. The number of carboxylic acid groups (broad SMARTS) is 1. The Balaban J connectivity index is 2.62. The van der Waals surface area contributed by atoms with Crippen molar-refractivity contribution in [2.75, 3.05) is 0 Å². The Morgan fingerprint density at radius 2 is 2.46 bits per heavy atom. The minimum atomic E-state index is -0.757. The van der Waals surface area contributed by atoms with Crippen molar-refractivity contribution in [3.63, 3.8) is 0 Å². The van der Waals surface area contributed by atoms with Gasteiger partial charge in [0, 0.05) is 18.4 Å². The molecule has 1 N–H and O–H groups in total. The van der Waals surface area contributed by atoms with Crippen molar-refractivity contribution in [1.29, 1.82) is 0 Å². The second kappa shape index (κ2) is 4.64. The summed E-state index contributed by atoms with van der Waals surface area (Å²) in [6, 6.07) is 0.0463. The molecule has 0 amide bonds. The Labute approximate surface area is 77.2 Å². The van der Waals surface area contributed by atoms with Crippen LogP contribution in [0.5, 0.6) is 0 Å². The van der Waals surface area contributed by atoms with Gasteiger partial charge in [-0.3, -0.25) is 4.79 Å². The summed E-state index contributed by atoms with van der Waals surface area (Å²) in [7, 11) is 0. The quantitative estimate of drug-likeness (QED) is 0.754. The van der Waals surface area contributed by atoms with Gasteiger partial charge in [0.2, 0.25) is 0 Å². The first-order chi connectivity index (χ1) is 6.24. The first-order valence-electron chi connectivity index (χ1n) is 4.43. The molecule has 0 radical (unpaired) electrons. The summed E-state index contributed by atoms with van der Waals surface area (Å²) in [5.41, 5.74) is 0. The number of nitrogens with zero attached hydrogens (tertiary/aromatic N) is 2. The molecule has 0 aromatic carbocycles. The highest BCUT2D eigenvalue weighted by molar-refractivity contribution is 5.67. The molecular formula is C9H14N2O2. The monoisotopic (exact) mass is 182 g/mol. The highest BCUT2D eigenvalue weighted by Crippen LogP contribution is 2.17. The second-order valence-corrected chi connectivity index (χ2v) is 3.05. The van der Waals surface area contributed by atoms with Crippen LogP contribution in [-0.2, 0) is 4.79 Å². The number of aromatic nitrogens is 2. The molecular weight excluding hydrogens is 168 g/mol. The van der Waals surface area contributed by atoms with Gasteiger partial charge in [0.25, 0.3) is 0 Å². The predicted molar refractivity (Wildman–Crippen MR) is 48.4 cm³/mol. The van der Waals surface area contributed by atoms with Crippen LogP contribution in [0.2, 0.25) is 0 Å². The number of carboxylic acids is 1. The molecule has 1 aromatic rings. The Hall–Kier alpha value is -1.32. The van der Waals surface area contributed by atoms with E-state index in [-0.39, 0.29) is 12.5 Å². The molecule has 0 bridgehead atoms. The van der Waals surface area contributed by atoms with Crippen molar-refractivity contribution in [2.24, 2.45) is 0 Å². The number of hydrogen-bond acceptors (Lipinski definition) is 2. The number of imidazole rings is 1. The molecule has 1 atom stereocenters. The first kappa shape index (κ1) is 9.77. The Kier molecular flexibility index (Phi) is 3.49. The Morgan fingerprint density at radius 1 is 1.69 bits per heavy atom. The number of carbonyl (C=O) groups is 1. The summed E-state index contributed by atoms with van der Waals surface area (Å²) < 4.78 is 1.86. The van der Waals surface area contributed by atoms with E-state index in [1.165, 1.54) is 0 Å². The zero-order chi connectivity index (χ0) is 9.68. The lowest BCUT2D eigenvalue weighted by Crippen LogP contribution is -2.12. The van der Waals surface area contributed by atoms with Gasteiger partial charge in [0.05, 0.1) is 12.7 Å². The molecule has 1 heterocycles. The third-order valence-corrected chi connectivity index (χ3v) is 1.98. The molecule has 72 valence electrons. The van der Waals surface area contributed by atoms with E-state index in [4.69, 9.17) is 5.11 Å². The topological polar surface area (TPSA) is 55.1 Å². The summed E-state index contributed by atoms with van der Waals surface area (Å²) in [5, 5.41) is 8.68. The summed E-state index contributed by atoms with van der Waals surface area (Å²) in [4.78, 5) is 14.4. The minimum absolute atomic E-state index is 0.0463. The van der Waals surface area contributed by atoms with Crippen LogP contribution in [0.25, 0.3) is 0 Å². The van der Waals surface area contributed by atoms with Crippen LogP contribution in [0.4, 0.5) is 0 Å². The van der Waals surface area contributed by atoms with Gasteiger partial charge in [-0.05, 0) is 6.42 Å². The van der Waals surface area contributed by atoms with Crippen LogP contribution >= 0.6 is 0 Å². The second-order valence-electron chi connectivity index (χ2n) is 3.05. The van der Waals surface area contributed by atoms with Crippen molar-refractivity contribution in [3.05, 3.63) is 18.7 Å². The van der Waals surface area contributed by atoms with Gasteiger partial charge in [0.15, 0.2) is 0 Å². The summed E-state index contributed by atoms with van der Waals surface area (Å²) in [6.45, 7) is 2.05. The zero-order valence-corrected chi connectivity index (χ0v) is 7.68. The maximum Gasteiger partial charge on any atom is 0.305 e. The lowest BCUT2D eigenvalue weighted by Gasteiger charge is -2.14. The average Bonchev–Trinajstić information content (AvgIpc) is 2.54. The van der Waals surface area contributed by atoms with E-state index in [0.29, 0.717) is 0 Å². The van der Waals surface area contributed by atoms with Gasteiger partial charge in [-0.15, -0.1) is 0 Å². The van der Waals surface area contributed by atoms with Crippen LogP contribution in [0, 0.1) is 0 Å². The molecule has 1 unspecified atom stereocenters. The number of rotatable bonds is 5. The van der Waals surface area contributed by atoms with E-state index in [1.54, 1.807) is 12.5 Å². The van der Waals surface area contributed by atoms with E-state index in [9.17, 15) is 4.79 Å². The van der Waals surface area contributed by atoms with Crippen molar-refractivity contribution in [2.45, 2.75) is 32.2 Å². The fourth-order valence-corrected chi connectivity index (χ4v) is 1.38. The van der Waals surface area contributed by atoms with Crippen molar-refractivity contribution >= 4 is 5.97 Å². The number of hydrogen-bond donors (Lipinski definition) is 1. The van der Waals surface area contributed by atoms with Crippen LogP contribution in [-0.4, -0.2) is 20.6 Å². The van der Waals surface area contributed by atoms with Crippen molar-refractivity contribution < 1.29 is 9.90 Å². The fraction of sp³-hybridized carbons (Fsp3) is 0.556. The molecule has 1 aromatic heterocycles. The van der Waals surface area contributed by atoms with E-state index in [1.807, 2.05) is 17.7 Å². The summed E-state index contributed by atoms with van der Waals surface area (Å²) in [6.07, 6.45) is 7.18. The molecule has 13 heavy (non-hydrogen) atoms. The molecule has 1 rings (SSSR count). The zero-order valence-electron chi connectivity index (χ0n) is 7.68. The maximum absolute atomic E-state index is 10.5. The molecule has 0 aliphatic carbocycles. The summed E-state index contributed by atoms with van der Waals surface area (Å²) >= 11 is 0. The predicted octanol–water partition coefficient (Wildman–Crippen LogP) is 1.70. The van der Waals surface area contributed by atoms with Gasteiger partial charge in [-0.2, -0.15) is 0 Å². The maximum atomic E-state index is 10.5. The lowest BCUT2D eigenvalue weighted by molar-refractivity contribution is -0.137. The van der Waals surface area contributed by atoms with Gasteiger partial charge in [-0.25, -0.2) is 4.98 Å². The number of aliphatic carboxylic acids is 1. The molecule has 4 nitrogen and oxygen atoms in total. The van der Waals surface area contributed by atoms with Crippen LogP contribution in [0.3, 0.4) is 0 Å². The molecule has 0 fully saturated rings. The van der Waals surface area contributed by atoms with E-state index < -0.39 is 5.97 Å². The Bertz CT molecular complexity index is 257. The lowest BCUT2D eigenvalue weighted by atomic mass is 10.1. The van der Waals surface area contributed by atoms with E-state index in [0.717, 1.165) is 12.8 Å². The van der Waals surface area contributed by atoms with Gasteiger partial charge >= 0.3 is 5.97 Å². The smallest absolute Gasteiger partial charge is 0.305 e. The highest BCUT2D eigenvalue weighted by atomic mass is 16.4. The van der Waals surface area contributed by atoms with E-state index in [2.05, 4.69) is 4.98 Å². The molecule has 0 saturated carbocycles. The summed E-state index contributed by atoms with van der Waals surface area (Å²) in [5.74, 6) is -0.757. The normalized spacial score (nSPS) is 12.7. The standard InChI is InChI=1S/C9H14N2O2/c1-2-3-8(6-9(12)13)11-5-4-10-7-11/h4-5,7-8H,2-3,6H2,1H3,(H,12,13). The van der Waals surface area contributed by atoms with Crippen LogP contribution in [0.15, 0.2) is 18.7 Å². The minimum Gasteiger partial charge on any atom is -0.481 e. The van der Waals surface area contributed by atoms with Crippen LogP contribution in [0.1, 0.15) is 32.2 Å². The largest absolute Gasteiger partial charge is 0.481 e. The Morgan fingerprint density at radius 3 is 2.92 bits per heavy atom. The van der Waals surface area contributed by atoms with Crippen molar-refractivity contribution in [3.8, 4) is 0 Å². The van der Waals surface area contributed by atoms with Crippen LogP contribution < -0.4 is 0 Å². The SMILES string of the molecule is CCCC(CC(=O)O)n1ccnc1. The average molecular weight is 182 g/mol. The fourth-order valence-electron chi connectivity index (χ4n) is 1.38. The third-order valence-electron chi connectivity index (χ3n) is 1.98. The van der Waals surface area contributed by atoms with Gasteiger partial charge < -0.3 is 9.67 Å². The van der Waals surface area contributed by atoms with Gasteiger partial charge in [-0.1, -0.05) is 13.3 Å². The molecule has 0 saturated heterocycles. The first-order valence-corrected chi connectivity index (χ1v) is 4.43.